The maximum Gasteiger partial charge on any atom is 0.319 e. The zero-order chi connectivity index (χ0) is 13.1. The lowest BCUT2D eigenvalue weighted by Gasteiger charge is -2.07. The number of carboxylic acids is 1. The molecule has 0 bridgehead atoms. The first kappa shape index (κ1) is 12.4. The van der Waals surface area contributed by atoms with E-state index in [0.717, 1.165) is 6.42 Å². The van der Waals surface area contributed by atoms with E-state index < -0.39 is 5.97 Å². The lowest BCUT2D eigenvalue weighted by Crippen LogP contribution is -2.31. The van der Waals surface area contributed by atoms with Gasteiger partial charge in [0.05, 0.1) is 6.42 Å². The second-order valence-corrected chi connectivity index (χ2v) is 4.69. The maximum absolute atomic E-state index is 11.6. The lowest BCUT2D eigenvalue weighted by molar-refractivity contribution is -0.136. The van der Waals surface area contributed by atoms with E-state index in [4.69, 9.17) is 5.11 Å². The molecule has 96 valence electrons. The second kappa shape index (κ2) is 5.08. The van der Waals surface area contributed by atoms with E-state index in [-0.39, 0.29) is 18.5 Å². The van der Waals surface area contributed by atoms with Crippen LogP contribution in [0.2, 0.25) is 0 Å². The number of rotatable bonds is 4. The third-order valence-corrected chi connectivity index (χ3v) is 2.99. The number of hydrogen-bond acceptors (Lipinski definition) is 2. The van der Waals surface area contributed by atoms with Crippen LogP contribution in [0.3, 0.4) is 0 Å². The van der Waals surface area contributed by atoms with Crippen LogP contribution in [0.1, 0.15) is 18.9 Å². The molecule has 1 aromatic rings. The Morgan fingerprint density at radius 3 is 2.44 bits per heavy atom. The minimum atomic E-state index is -0.865. The summed E-state index contributed by atoms with van der Waals surface area (Å²) in [5.41, 5.74) is 1.37. The summed E-state index contributed by atoms with van der Waals surface area (Å²) in [6.45, 7) is 2.09. The fourth-order valence-corrected chi connectivity index (χ4v) is 1.74. The molecule has 2 rings (SSSR count). The molecule has 1 fully saturated rings. The molecule has 2 atom stereocenters. The van der Waals surface area contributed by atoms with Gasteiger partial charge in [-0.3, -0.25) is 4.79 Å². The Hall–Kier alpha value is -2.04. The number of carbonyl (C=O) groups is 2. The Morgan fingerprint density at radius 1 is 1.33 bits per heavy atom. The van der Waals surface area contributed by atoms with Gasteiger partial charge in [-0.2, -0.15) is 0 Å². The number of aliphatic carboxylic acids is 1. The SMILES string of the molecule is CC1CC1NC(=O)Nc1ccc(CC(=O)O)cc1. The molecular weight excluding hydrogens is 232 g/mol. The summed E-state index contributed by atoms with van der Waals surface area (Å²) >= 11 is 0. The fourth-order valence-electron chi connectivity index (χ4n) is 1.74. The van der Waals surface area contributed by atoms with E-state index >= 15 is 0 Å². The molecule has 3 N–H and O–H groups in total. The van der Waals surface area contributed by atoms with Crippen LogP contribution in [0.15, 0.2) is 24.3 Å². The number of nitrogens with one attached hydrogen (secondary N) is 2. The molecule has 2 unspecified atom stereocenters. The summed E-state index contributed by atoms with van der Waals surface area (Å²) in [7, 11) is 0. The van der Waals surface area contributed by atoms with Crippen molar-refractivity contribution in [2.45, 2.75) is 25.8 Å². The van der Waals surface area contributed by atoms with Crippen LogP contribution in [0, 0.1) is 5.92 Å². The van der Waals surface area contributed by atoms with E-state index in [2.05, 4.69) is 17.6 Å². The molecule has 1 aromatic carbocycles. The molecule has 0 saturated heterocycles. The molecule has 0 aromatic heterocycles. The third-order valence-electron chi connectivity index (χ3n) is 2.99. The monoisotopic (exact) mass is 248 g/mol. The van der Waals surface area contributed by atoms with Crippen molar-refractivity contribution in [2.75, 3.05) is 5.32 Å². The normalized spacial score (nSPS) is 21.2. The van der Waals surface area contributed by atoms with Crippen molar-refractivity contribution in [3.63, 3.8) is 0 Å². The molecule has 0 heterocycles. The number of carbonyl (C=O) groups excluding carboxylic acids is 1. The molecule has 0 aliphatic heterocycles. The highest BCUT2D eigenvalue weighted by molar-refractivity contribution is 5.89. The van der Waals surface area contributed by atoms with Crippen molar-refractivity contribution in [1.29, 1.82) is 0 Å². The van der Waals surface area contributed by atoms with Crippen molar-refractivity contribution in [3.8, 4) is 0 Å². The topological polar surface area (TPSA) is 78.4 Å². The average molecular weight is 248 g/mol. The summed E-state index contributed by atoms with van der Waals surface area (Å²) in [5.74, 6) is -0.301. The molecule has 0 radical (unpaired) electrons. The summed E-state index contributed by atoms with van der Waals surface area (Å²) in [5, 5.41) is 14.2. The molecule has 1 aliphatic carbocycles. The Labute approximate surface area is 105 Å². The van der Waals surface area contributed by atoms with Gasteiger partial charge in [-0.15, -0.1) is 0 Å². The van der Waals surface area contributed by atoms with Crippen LogP contribution in [0.5, 0.6) is 0 Å². The molecule has 1 saturated carbocycles. The second-order valence-electron chi connectivity index (χ2n) is 4.69. The van der Waals surface area contributed by atoms with Crippen LogP contribution in [0.4, 0.5) is 10.5 Å². The summed E-state index contributed by atoms with van der Waals surface area (Å²) < 4.78 is 0. The van der Waals surface area contributed by atoms with Crippen molar-refractivity contribution in [2.24, 2.45) is 5.92 Å². The Kier molecular flexibility index (Phi) is 3.50. The van der Waals surface area contributed by atoms with Gasteiger partial charge in [0.1, 0.15) is 0 Å². The van der Waals surface area contributed by atoms with E-state index in [0.29, 0.717) is 17.2 Å². The van der Waals surface area contributed by atoms with Gasteiger partial charge in [-0.1, -0.05) is 19.1 Å². The average Bonchev–Trinajstić information content (AvgIpc) is 2.96. The van der Waals surface area contributed by atoms with Gasteiger partial charge in [-0.25, -0.2) is 4.79 Å². The fraction of sp³-hybridized carbons (Fsp3) is 0.385. The van der Waals surface area contributed by atoms with Crippen LogP contribution < -0.4 is 10.6 Å². The van der Waals surface area contributed by atoms with Crippen LogP contribution in [-0.2, 0) is 11.2 Å². The van der Waals surface area contributed by atoms with Gasteiger partial charge in [-0.05, 0) is 30.0 Å². The van der Waals surface area contributed by atoms with Crippen LogP contribution in [0.25, 0.3) is 0 Å². The predicted octanol–water partition coefficient (Wildman–Crippen LogP) is 1.84. The minimum Gasteiger partial charge on any atom is -0.481 e. The zero-order valence-corrected chi connectivity index (χ0v) is 10.1. The highest BCUT2D eigenvalue weighted by Gasteiger charge is 2.33. The Morgan fingerprint density at radius 2 is 1.94 bits per heavy atom. The first-order valence-corrected chi connectivity index (χ1v) is 5.93. The molecule has 5 heteroatoms. The van der Waals surface area contributed by atoms with Crippen molar-refractivity contribution in [1.82, 2.24) is 5.32 Å². The predicted molar refractivity (Wildman–Crippen MR) is 67.5 cm³/mol. The van der Waals surface area contributed by atoms with Gasteiger partial charge in [0, 0.05) is 11.7 Å². The number of benzene rings is 1. The molecule has 0 spiro atoms. The van der Waals surface area contributed by atoms with E-state index in [1.54, 1.807) is 24.3 Å². The van der Waals surface area contributed by atoms with Crippen LogP contribution in [-0.4, -0.2) is 23.1 Å². The first-order valence-electron chi connectivity index (χ1n) is 5.93. The van der Waals surface area contributed by atoms with Crippen molar-refractivity contribution in [3.05, 3.63) is 29.8 Å². The number of urea groups is 1. The number of carboxylic acid groups (broad SMARTS) is 1. The molecule has 18 heavy (non-hydrogen) atoms. The van der Waals surface area contributed by atoms with Gasteiger partial charge in [0.2, 0.25) is 0 Å². The maximum atomic E-state index is 11.6. The summed E-state index contributed by atoms with van der Waals surface area (Å²) in [6.07, 6.45) is 1.02. The third kappa shape index (κ3) is 3.48. The summed E-state index contributed by atoms with van der Waals surface area (Å²) in [6, 6.07) is 6.88. The lowest BCUT2D eigenvalue weighted by atomic mass is 10.1. The summed E-state index contributed by atoms with van der Waals surface area (Å²) in [4.78, 5) is 22.1. The molecule has 1 aliphatic rings. The van der Waals surface area contributed by atoms with Gasteiger partial charge >= 0.3 is 12.0 Å². The number of amides is 2. The Balaban J connectivity index is 1.85. The van der Waals surface area contributed by atoms with Crippen LogP contribution >= 0.6 is 0 Å². The molecule has 2 amide bonds. The van der Waals surface area contributed by atoms with E-state index in [9.17, 15) is 9.59 Å². The van der Waals surface area contributed by atoms with Crippen molar-refractivity contribution >= 4 is 17.7 Å². The van der Waals surface area contributed by atoms with E-state index in [1.165, 1.54) is 0 Å². The van der Waals surface area contributed by atoms with Gasteiger partial charge < -0.3 is 15.7 Å². The zero-order valence-electron chi connectivity index (χ0n) is 10.1. The number of hydrogen-bond donors (Lipinski definition) is 3. The minimum absolute atomic E-state index is 0.00787. The Bertz CT molecular complexity index is 456. The standard InChI is InChI=1S/C13H16N2O3/c1-8-6-11(8)15-13(18)14-10-4-2-9(3-5-10)7-12(16)17/h2-5,8,11H,6-7H2,1H3,(H,16,17)(H2,14,15,18). The van der Waals surface area contributed by atoms with E-state index in [1.807, 2.05) is 0 Å². The van der Waals surface area contributed by atoms with Gasteiger partial charge in [0.15, 0.2) is 0 Å². The quantitative estimate of drug-likeness (QED) is 0.760. The van der Waals surface area contributed by atoms with Gasteiger partial charge in [0.25, 0.3) is 0 Å². The molecule has 5 nitrogen and oxygen atoms in total. The highest BCUT2D eigenvalue weighted by Crippen LogP contribution is 2.28. The smallest absolute Gasteiger partial charge is 0.319 e. The molecular formula is C13H16N2O3. The largest absolute Gasteiger partial charge is 0.481 e. The van der Waals surface area contributed by atoms with Crippen molar-refractivity contribution < 1.29 is 14.7 Å². The highest BCUT2D eigenvalue weighted by atomic mass is 16.4. The number of anilines is 1. The first-order chi connectivity index (χ1) is 8.54.